The summed E-state index contributed by atoms with van der Waals surface area (Å²) in [5.74, 6) is -5.70. The Bertz CT molecular complexity index is 958. The largest absolute Gasteiger partial charge is 0.477 e. The highest BCUT2D eigenvalue weighted by Crippen LogP contribution is 2.38. The number of carboxylic acids is 1. The summed E-state index contributed by atoms with van der Waals surface area (Å²) in [5, 5.41) is 116. The molecule has 0 aliphatic carbocycles. The van der Waals surface area contributed by atoms with Gasteiger partial charge in [-0.1, -0.05) is 0 Å². The highest BCUT2D eigenvalue weighted by Gasteiger charge is 2.60. The van der Waals surface area contributed by atoms with E-state index in [1.54, 1.807) is 0 Å². The molecule has 0 bridgehead atoms. The predicted octanol–water partition coefficient (Wildman–Crippen LogP) is -7.57. The zero-order valence-corrected chi connectivity index (χ0v) is 23.7. The molecule has 0 spiro atoms. The quantitative estimate of drug-likeness (QED) is 0.0935. The minimum absolute atomic E-state index is 0.741. The Balaban J connectivity index is 1.94. The summed E-state index contributed by atoms with van der Waals surface area (Å²) in [7, 11) is 1.16. The number of ether oxygens (including phenoxy) is 6. The lowest BCUT2D eigenvalue weighted by molar-refractivity contribution is -0.385. The summed E-state index contributed by atoms with van der Waals surface area (Å²) in [4.78, 5) is 24.3. The van der Waals surface area contributed by atoms with Gasteiger partial charge < -0.3 is 89.9 Å². The summed E-state index contributed by atoms with van der Waals surface area (Å²) in [6, 6.07) is -1.53. The molecule has 3 saturated heterocycles. The lowest BCUT2D eigenvalue weighted by atomic mass is 9.88. The number of carbonyl (C=O) groups is 2. The van der Waals surface area contributed by atoms with E-state index in [0.717, 1.165) is 14.0 Å². The van der Waals surface area contributed by atoms with E-state index >= 15 is 0 Å². The van der Waals surface area contributed by atoms with Gasteiger partial charge in [-0.25, -0.2) is 4.79 Å². The number of rotatable bonds is 12. The number of aliphatic carboxylic acids is 1. The number of hydrogen-bond acceptors (Lipinski definition) is 18. The standard InChI is InChI=1S/C24H41NO19/c1-7(29)25-12-8(30)3-24(23(37)38,43-19(12)13(32)9(31)4-26)44-20-14(33)10(5-27)40-22(17(20)36)42-18-11(6-28)41-21(39-2)16(35)15(18)34/h8-22,26-28,30-36H,3-6H2,1-2H3,(H,25,29)(H,37,38)/t8?,9-,10?,11?,12?,13-,14?,15?,16?,17?,18?,19?,20?,21?,22?,24?/m1/s1. The molecule has 20 nitrogen and oxygen atoms in total. The first-order valence-corrected chi connectivity index (χ1v) is 13.6. The monoisotopic (exact) mass is 647 g/mol. The van der Waals surface area contributed by atoms with Crippen molar-refractivity contribution < 1.29 is 94.2 Å². The van der Waals surface area contributed by atoms with Gasteiger partial charge in [0.15, 0.2) is 12.6 Å². The summed E-state index contributed by atoms with van der Waals surface area (Å²) in [6.45, 7) is -1.73. The van der Waals surface area contributed by atoms with Crippen LogP contribution in [0, 0.1) is 0 Å². The summed E-state index contributed by atoms with van der Waals surface area (Å²) in [5.41, 5.74) is 0. The van der Waals surface area contributed by atoms with Crippen molar-refractivity contribution >= 4 is 11.9 Å². The molecule has 44 heavy (non-hydrogen) atoms. The Morgan fingerprint density at radius 1 is 0.909 bits per heavy atom. The number of aliphatic hydroxyl groups is 10. The third-order valence-corrected chi connectivity index (χ3v) is 7.68. The molecule has 3 aliphatic heterocycles. The van der Waals surface area contributed by atoms with Gasteiger partial charge in [0, 0.05) is 20.5 Å². The molecule has 12 N–H and O–H groups in total. The van der Waals surface area contributed by atoms with E-state index in [-0.39, 0.29) is 0 Å². The minimum atomic E-state index is -3.01. The van der Waals surface area contributed by atoms with Crippen LogP contribution in [0.5, 0.6) is 0 Å². The first-order valence-electron chi connectivity index (χ1n) is 13.6. The van der Waals surface area contributed by atoms with Crippen LogP contribution in [0.15, 0.2) is 0 Å². The molecule has 14 unspecified atom stereocenters. The molecule has 256 valence electrons. The van der Waals surface area contributed by atoms with E-state index in [1.165, 1.54) is 0 Å². The molecule has 3 heterocycles. The third-order valence-electron chi connectivity index (χ3n) is 7.68. The van der Waals surface area contributed by atoms with Crippen molar-refractivity contribution in [2.24, 2.45) is 0 Å². The smallest absolute Gasteiger partial charge is 0.364 e. The van der Waals surface area contributed by atoms with Crippen LogP contribution in [0.4, 0.5) is 0 Å². The molecule has 0 aromatic rings. The molecule has 0 radical (unpaired) electrons. The van der Waals surface area contributed by atoms with Crippen LogP contribution < -0.4 is 5.32 Å². The summed E-state index contributed by atoms with van der Waals surface area (Å²) >= 11 is 0. The van der Waals surface area contributed by atoms with Crippen molar-refractivity contribution in [3.05, 3.63) is 0 Å². The van der Waals surface area contributed by atoms with Crippen molar-refractivity contribution in [2.45, 2.75) is 111 Å². The number of carboxylic acid groups (broad SMARTS) is 1. The van der Waals surface area contributed by atoms with Gasteiger partial charge in [0.1, 0.15) is 67.1 Å². The van der Waals surface area contributed by atoms with Gasteiger partial charge in [-0.3, -0.25) is 4.79 Å². The van der Waals surface area contributed by atoms with E-state index in [0.29, 0.717) is 0 Å². The highest BCUT2D eigenvalue weighted by atomic mass is 16.8. The summed E-state index contributed by atoms with van der Waals surface area (Å²) in [6.07, 6.45) is -26.5. The number of amides is 1. The van der Waals surface area contributed by atoms with Crippen molar-refractivity contribution in [3.8, 4) is 0 Å². The molecule has 3 rings (SSSR count). The second kappa shape index (κ2) is 15.3. The van der Waals surface area contributed by atoms with Crippen molar-refractivity contribution in [1.82, 2.24) is 5.32 Å². The number of methoxy groups -OCH3 is 1. The second-order valence-corrected chi connectivity index (χ2v) is 10.7. The van der Waals surface area contributed by atoms with Crippen LogP contribution in [-0.4, -0.2) is 193 Å². The first kappa shape index (κ1) is 36.8. The third kappa shape index (κ3) is 7.47. The van der Waals surface area contributed by atoms with Crippen molar-refractivity contribution in [2.75, 3.05) is 26.9 Å². The van der Waals surface area contributed by atoms with Gasteiger partial charge >= 0.3 is 5.97 Å². The molecule has 0 aromatic carbocycles. The molecule has 3 aliphatic rings. The van der Waals surface area contributed by atoms with Crippen LogP contribution >= 0.6 is 0 Å². The molecule has 3 fully saturated rings. The van der Waals surface area contributed by atoms with E-state index in [1.807, 2.05) is 0 Å². The van der Waals surface area contributed by atoms with Crippen LogP contribution in [0.2, 0.25) is 0 Å². The average Bonchev–Trinajstić information content (AvgIpc) is 2.99. The van der Waals surface area contributed by atoms with Gasteiger partial charge in [0.25, 0.3) is 5.79 Å². The maximum atomic E-state index is 12.6. The van der Waals surface area contributed by atoms with E-state index < -0.39 is 136 Å². The van der Waals surface area contributed by atoms with Crippen molar-refractivity contribution in [3.63, 3.8) is 0 Å². The predicted molar refractivity (Wildman–Crippen MR) is 135 cm³/mol. The minimum Gasteiger partial charge on any atom is -0.477 e. The number of hydrogen-bond donors (Lipinski definition) is 12. The number of carbonyl (C=O) groups excluding carboxylic acids is 1. The highest BCUT2D eigenvalue weighted by molar-refractivity contribution is 5.76. The van der Waals surface area contributed by atoms with Gasteiger partial charge in [-0.15, -0.1) is 0 Å². The lowest BCUT2D eigenvalue weighted by Gasteiger charge is -2.50. The fraction of sp³-hybridized carbons (Fsp3) is 0.917. The van der Waals surface area contributed by atoms with Gasteiger partial charge in [0.05, 0.1) is 32.0 Å². The maximum absolute atomic E-state index is 12.6. The number of aliphatic hydroxyl groups excluding tert-OH is 10. The molecular weight excluding hydrogens is 606 g/mol. The lowest BCUT2D eigenvalue weighted by Crippen LogP contribution is -2.70. The molecule has 0 aromatic heterocycles. The Hall–Kier alpha value is -1.70. The van der Waals surface area contributed by atoms with Crippen LogP contribution in [-0.2, 0) is 38.0 Å². The molecular formula is C24H41NO19. The average molecular weight is 648 g/mol. The van der Waals surface area contributed by atoms with Crippen LogP contribution in [0.1, 0.15) is 13.3 Å². The van der Waals surface area contributed by atoms with Gasteiger partial charge in [-0.05, 0) is 0 Å². The summed E-state index contributed by atoms with van der Waals surface area (Å²) < 4.78 is 32.3. The molecule has 16 atom stereocenters. The maximum Gasteiger partial charge on any atom is 0.364 e. The number of nitrogens with one attached hydrogen (secondary N) is 1. The zero-order valence-electron chi connectivity index (χ0n) is 23.7. The second-order valence-electron chi connectivity index (χ2n) is 10.7. The van der Waals surface area contributed by atoms with Crippen LogP contribution in [0.25, 0.3) is 0 Å². The molecule has 0 saturated carbocycles. The van der Waals surface area contributed by atoms with E-state index in [9.17, 15) is 65.8 Å². The van der Waals surface area contributed by atoms with Gasteiger partial charge in [-0.2, -0.15) is 0 Å². The Kier molecular flexibility index (Phi) is 12.8. The SMILES string of the molecule is COC1OC(CO)C(OC2OC(CO)C(O)C(OC3(C(=O)O)CC(O)C(NC(C)=O)C([C@H](O)[C@H](O)CO)O3)C2O)C(O)C1O. The van der Waals surface area contributed by atoms with Crippen molar-refractivity contribution in [1.29, 1.82) is 0 Å². The van der Waals surface area contributed by atoms with Gasteiger partial charge in [0.2, 0.25) is 5.91 Å². The normalized spacial score (nSPS) is 44.5. The first-order chi connectivity index (χ1) is 20.7. The van der Waals surface area contributed by atoms with Crippen LogP contribution in [0.3, 0.4) is 0 Å². The fourth-order valence-corrected chi connectivity index (χ4v) is 5.34. The topological polar surface area (TPSA) is 324 Å². The Labute approximate surface area is 249 Å². The fourth-order valence-electron chi connectivity index (χ4n) is 5.34. The molecule has 1 amide bonds. The Morgan fingerprint density at radius 3 is 2.05 bits per heavy atom. The van der Waals surface area contributed by atoms with E-state index in [2.05, 4.69) is 5.32 Å². The Morgan fingerprint density at radius 2 is 1.52 bits per heavy atom. The molecule has 20 heteroatoms. The zero-order chi connectivity index (χ0) is 33.1. The van der Waals surface area contributed by atoms with E-state index in [4.69, 9.17) is 28.4 Å².